The van der Waals surface area contributed by atoms with Crippen LogP contribution < -0.4 is 29.4 Å². The first-order valence-electron chi connectivity index (χ1n) is 32.5. The van der Waals surface area contributed by atoms with E-state index in [2.05, 4.69) is 265 Å². The first kappa shape index (κ1) is 78.5. The van der Waals surface area contributed by atoms with Gasteiger partial charge < -0.3 is 29.4 Å². The van der Waals surface area contributed by atoms with Crippen molar-refractivity contribution in [2.24, 2.45) is 0 Å². The van der Waals surface area contributed by atoms with Gasteiger partial charge in [-0.05, 0) is 191 Å². The third kappa shape index (κ3) is 21.5. The molecule has 3 heterocycles. The van der Waals surface area contributed by atoms with Crippen molar-refractivity contribution < 1.29 is 31.8 Å². The molecule has 7 nitrogen and oxygen atoms in total. The van der Waals surface area contributed by atoms with Gasteiger partial charge >= 0.3 is 178 Å². The van der Waals surface area contributed by atoms with Crippen molar-refractivity contribution >= 4 is 82.1 Å². The summed E-state index contributed by atoms with van der Waals surface area (Å²) < 4.78 is 8.37. The second-order valence-electron chi connectivity index (χ2n) is 26.2. The Morgan fingerprint density at radius 1 is 0.316 bits per heavy atom. The zero-order valence-corrected chi connectivity index (χ0v) is 66.1. The molecule has 3 aliphatic heterocycles. The van der Waals surface area contributed by atoms with Crippen LogP contribution in [-0.2, 0) is 27.0 Å². The molecular formula is C82H106Cl4N6ORu2-2. The number of para-hydroxylation sites is 1. The maximum atomic E-state index is 5.83. The zero-order chi connectivity index (χ0) is 69.0. The molecule has 3 aliphatic rings. The number of hydrogen-bond acceptors (Lipinski definition) is 6. The monoisotopic (exact) mass is 1530 g/mol. The molecule has 0 spiro atoms. The second-order valence-corrected chi connectivity index (χ2v) is 37.7. The Kier molecular flexibility index (Phi) is 29.6. The minimum absolute atomic E-state index is 0. The molecule has 13 heteroatoms. The van der Waals surface area contributed by atoms with Crippen molar-refractivity contribution in [3.05, 3.63) is 258 Å². The Morgan fingerprint density at radius 2 is 0.516 bits per heavy atom. The van der Waals surface area contributed by atoms with Crippen molar-refractivity contribution in [3.63, 3.8) is 0 Å². The van der Waals surface area contributed by atoms with Crippen LogP contribution in [0.5, 0.6) is 5.75 Å². The Balaban J connectivity index is 0.000000192. The summed E-state index contributed by atoms with van der Waals surface area (Å²) in [7, 11) is 23.1. The molecule has 0 bridgehead atoms. The van der Waals surface area contributed by atoms with Crippen LogP contribution in [0.1, 0.15) is 138 Å². The SMILES string of the molecule is C.CC(C)[OH+]c1ccccc1[CH]=[Ru]([Cl])[Cl].Cc1cc(C)c(N2[CH-]N(c3c(C)cc(C)cc3C)CC2)c(C)c1.Cc1cc(C)c(N2[CH-]N(c3c(C)cc(C)cc3C)CC2)c(C)c1.Cc1cc(C)c(N2[CH-]N(c3c(C)cc(C)cc3C)CC2)c(C)c1.Cc1ccccc1[CH]=[Ru]([Cl])[Cl]. The third-order valence-electron chi connectivity index (χ3n) is 17.0. The molecule has 1 N–H and O–H groups in total. The van der Waals surface area contributed by atoms with E-state index in [4.69, 9.17) is 38.8 Å². The van der Waals surface area contributed by atoms with Gasteiger partial charge in [-0.3, -0.25) is 0 Å². The van der Waals surface area contributed by atoms with E-state index in [1.54, 1.807) is 0 Å². The van der Waals surface area contributed by atoms with E-state index >= 15 is 0 Å². The van der Waals surface area contributed by atoms with Crippen LogP contribution in [0.4, 0.5) is 34.1 Å². The van der Waals surface area contributed by atoms with Crippen LogP contribution in [0.3, 0.4) is 0 Å². The van der Waals surface area contributed by atoms with Gasteiger partial charge in [0.05, 0.1) is 0 Å². The molecule has 0 saturated carbocycles. The summed E-state index contributed by atoms with van der Waals surface area (Å²) in [5.41, 5.74) is 35.9. The fourth-order valence-electron chi connectivity index (χ4n) is 14.1. The first-order chi connectivity index (χ1) is 44.4. The summed E-state index contributed by atoms with van der Waals surface area (Å²) in [5.74, 6) is 0.975. The Bertz CT molecular complexity index is 3380. The van der Waals surface area contributed by atoms with Gasteiger partial charge in [-0.2, -0.15) is 20.0 Å². The quantitative estimate of drug-likeness (QED) is 0.0771. The van der Waals surface area contributed by atoms with E-state index in [1.165, 1.54) is 140 Å². The molecule has 95 heavy (non-hydrogen) atoms. The molecule has 0 amide bonds. The summed E-state index contributed by atoms with van der Waals surface area (Å²) in [5, 5.41) is 0. The van der Waals surface area contributed by atoms with E-state index in [0.717, 1.165) is 56.1 Å². The molecular weight excluding hydrogens is 1430 g/mol. The third-order valence-corrected chi connectivity index (χ3v) is 20.7. The van der Waals surface area contributed by atoms with Gasteiger partial charge in [0.1, 0.15) is 0 Å². The van der Waals surface area contributed by atoms with Crippen molar-refractivity contribution in [1.82, 2.24) is 0 Å². The van der Waals surface area contributed by atoms with Crippen molar-refractivity contribution in [2.45, 2.75) is 159 Å². The predicted molar refractivity (Wildman–Crippen MR) is 416 cm³/mol. The fourth-order valence-corrected chi connectivity index (χ4v) is 17.9. The van der Waals surface area contributed by atoms with E-state index < -0.39 is 27.0 Å². The average Bonchev–Trinajstić information content (AvgIpc) is 1.69. The number of nitrogens with zero attached hydrogens (tertiary/aromatic N) is 6. The molecule has 0 atom stereocenters. The van der Waals surface area contributed by atoms with Crippen LogP contribution >= 0.6 is 38.8 Å². The molecule has 0 unspecified atom stereocenters. The summed E-state index contributed by atoms with van der Waals surface area (Å²) in [4.78, 5) is 14.4. The molecule has 11 rings (SSSR count). The average molecular weight is 1540 g/mol. The van der Waals surface area contributed by atoms with Gasteiger partial charge in [-0.25, -0.2) is 0 Å². The van der Waals surface area contributed by atoms with Crippen LogP contribution in [0.2, 0.25) is 0 Å². The van der Waals surface area contributed by atoms with Crippen LogP contribution in [-0.4, -0.2) is 59.3 Å². The molecule has 8 aromatic carbocycles. The van der Waals surface area contributed by atoms with Crippen LogP contribution in [0.15, 0.2) is 121 Å². The van der Waals surface area contributed by atoms with Crippen LogP contribution in [0.25, 0.3) is 0 Å². The van der Waals surface area contributed by atoms with Gasteiger partial charge in [-0.1, -0.05) is 114 Å². The van der Waals surface area contributed by atoms with Crippen molar-refractivity contribution in [3.8, 4) is 5.75 Å². The number of halogens is 4. The normalized spacial score (nSPS) is 13.6. The van der Waals surface area contributed by atoms with Gasteiger partial charge in [0.2, 0.25) is 0 Å². The molecule has 3 fully saturated rings. The van der Waals surface area contributed by atoms with E-state index in [0.29, 0.717) is 0 Å². The zero-order valence-electron chi connectivity index (χ0n) is 59.6. The standard InChI is InChI=1S/3C21H27N2.C10H12O.C8H8.CH4.4ClH.2Ru/c3*1-14-9-16(3)20(17(4)10-14)22-7-8-23(13-22)21-18(5)11-15(2)12-19(21)6;1-8(2)11-10-7-5-4-6-9(10)3;1-7-5-3-4-6-8(7)2;;;;;;;/h3*9-13H,7-8H2,1-6H3;3-8H,1-2H3;1,3-6H,2H3;1H4;4*1H;;/q3*-1;;;;;;;;2*+2/p-3. The number of rotatable bonds is 10. The molecule has 516 valence electrons. The second kappa shape index (κ2) is 35.8. The predicted octanol–water partition coefficient (Wildman–Crippen LogP) is 22.1. The summed E-state index contributed by atoms with van der Waals surface area (Å²) >= 11 is -3.39. The van der Waals surface area contributed by atoms with Crippen LogP contribution in [0, 0.1) is 152 Å². The van der Waals surface area contributed by atoms with E-state index in [9.17, 15) is 0 Å². The van der Waals surface area contributed by atoms with E-state index in [-0.39, 0.29) is 13.5 Å². The number of benzene rings is 8. The number of anilines is 6. The van der Waals surface area contributed by atoms with Gasteiger partial charge in [-0.15, -0.1) is 0 Å². The Morgan fingerprint density at radius 3 is 0.726 bits per heavy atom. The van der Waals surface area contributed by atoms with Crippen molar-refractivity contribution in [1.29, 1.82) is 0 Å². The molecule has 8 aromatic rings. The molecule has 0 aliphatic carbocycles. The fraction of sp³-hybridized carbons (Fsp3) is 0.354. The summed E-state index contributed by atoms with van der Waals surface area (Å²) in [6, 6.07) is 43.3. The van der Waals surface area contributed by atoms with Gasteiger partial charge in [0, 0.05) is 73.4 Å². The maximum absolute atomic E-state index is 5.83. The molecule has 0 radical (unpaired) electrons. The van der Waals surface area contributed by atoms with Gasteiger partial charge in [0.25, 0.3) is 0 Å². The molecule has 0 aromatic heterocycles. The first-order valence-corrected chi connectivity index (χ1v) is 43.5. The van der Waals surface area contributed by atoms with Gasteiger partial charge in [0.15, 0.2) is 0 Å². The van der Waals surface area contributed by atoms with Crippen molar-refractivity contribution in [2.75, 3.05) is 68.7 Å². The Hall–Kier alpha value is -5.49. The number of aromatic hydroxyl groups is 1. The number of aryl methyl sites for hydroxylation is 19. The summed E-state index contributed by atoms with van der Waals surface area (Å²) in [6.07, 6.45) is 0.288. The summed E-state index contributed by atoms with van der Waals surface area (Å²) in [6.45, 7) is 58.9. The molecule has 3 saturated heterocycles. The number of ether oxygens (including phenoxy) is 1. The van der Waals surface area contributed by atoms with E-state index in [1.807, 2.05) is 65.5 Å². The Labute approximate surface area is 600 Å². The topological polar surface area (TPSA) is 32.2 Å². The number of hydrogen-bond donors (Lipinski definition) is 0. The minimum atomic E-state index is -1.75. The number of aliphatic hydroxyl groups is 1.